The van der Waals surface area contributed by atoms with Gasteiger partial charge in [0.2, 0.25) is 0 Å². The summed E-state index contributed by atoms with van der Waals surface area (Å²) < 4.78 is 1.69. The van der Waals surface area contributed by atoms with Gasteiger partial charge in [0.25, 0.3) is 11.7 Å². The van der Waals surface area contributed by atoms with Crippen molar-refractivity contribution in [2.75, 3.05) is 16.8 Å². The van der Waals surface area contributed by atoms with Crippen LogP contribution < -0.4 is 10.2 Å². The first kappa shape index (κ1) is 20.4. The molecule has 0 bridgehead atoms. The summed E-state index contributed by atoms with van der Waals surface area (Å²) in [6, 6.07) is 12.3. The Labute approximate surface area is 192 Å². The van der Waals surface area contributed by atoms with Crippen molar-refractivity contribution in [3.8, 4) is 0 Å². The van der Waals surface area contributed by atoms with Gasteiger partial charge in [0.1, 0.15) is 5.69 Å². The fourth-order valence-corrected chi connectivity index (χ4v) is 4.03. The topological polar surface area (TPSA) is 93.0 Å². The average molecular weight is 467 g/mol. The lowest BCUT2D eigenvalue weighted by Crippen LogP contribution is -2.29. The van der Waals surface area contributed by atoms with Crippen LogP contribution in [0.4, 0.5) is 11.4 Å². The lowest BCUT2D eigenvalue weighted by Gasteiger charge is -2.14. The summed E-state index contributed by atoms with van der Waals surface area (Å²) in [4.78, 5) is 30.4. The van der Waals surface area contributed by atoms with Crippen molar-refractivity contribution in [1.82, 2.24) is 20.0 Å². The molecule has 0 aliphatic carbocycles. The zero-order valence-corrected chi connectivity index (χ0v) is 18.1. The van der Waals surface area contributed by atoms with Crippen LogP contribution in [0.3, 0.4) is 0 Å². The number of benzene rings is 2. The molecule has 5 rings (SSSR count). The summed E-state index contributed by atoms with van der Waals surface area (Å²) in [5.74, 6) is -1.16. The number of hydrogen-bond donors (Lipinski definition) is 1. The van der Waals surface area contributed by atoms with Crippen LogP contribution in [0, 0.1) is 0 Å². The highest BCUT2D eigenvalue weighted by atomic mass is 35.5. The van der Waals surface area contributed by atoms with Crippen LogP contribution in [0.1, 0.15) is 16.1 Å². The number of carbonyl (C=O) groups is 2. The van der Waals surface area contributed by atoms with Crippen LogP contribution >= 0.6 is 23.2 Å². The molecule has 0 fully saturated rings. The summed E-state index contributed by atoms with van der Waals surface area (Å²) in [6.07, 6.45) is 3.49. The molecule has 3 heterocycles. The minimum atomic E-state index is -0.594. The Morgan fingerprint density at radius 3 is 2.69 bits per heavy atom. The molecular formula is C22H16Cl2N6O2. The summed E-state index contributed by atoms with van der Waals surface area (Å²) in [7, 11) is 0. The Morgan fingerprint density at radius 1 is 1.00 bits per heavy atom. The van der Waals surface area contributed by atoms with Gasteiger partial charge in [-0.05, 0) is 42.5 Å². The van der Waals surface area contributed by atoms with Gasteiger partial charge in [-0.3, -0.25) is 24.2 Å². The number of hydrogen-bond acceptors (Lipinski definition) is 6. The molecule has 0 unspecified atom stereocenters. The smallest absolute Gasteiger partial charge is 0.299 e. The van der Waals surface area contributed by atoms with E-state index in [4.69, 9.17) is 23.2 Å². The van der Waals surface area contributed by atoms with Crippen molar-refractivity contribution in [2.24, 2.45) is 0 Å². The van der Waals surface area contributed by atoms with Gasteiger partial charge in [-0.15, -0.1) is 5.10 Å². The standard InChI is InChI=1S/C22H16Cl2N6O2/c23-13-2-4-20-17(9-13)21(31)22(32)30(20)12-15-11-29(28-27-15)8-7-26-18-5-6-25-19-10-14(24)1-3-16(18)19/h1-6,9-11H,7-8,12H2,(H,25,26). The number of nitrogens with one attached hydrogen (secondary N) is 1. The molecule has 1 amide bonds. The van der Waals surface area contributed by atoms with E-state index in [0.29, 0.717) is 40.1 Å². The molecule has 0 radical (unpaired) electrons. The van der Waals surface area contributed by atoms with E-state index in [9.17, 15) is 9.59 Å². The Hall–Kier alpha value is -3.49. The quantitative estimate of drug-likeness (QED) is 0.432. The Balaban J connectivity index is 1.25. The van der Waals surface area contributed by atoms with Crippen LogP contribution in [-0.2, 0) is 17.9 Å². The molecule has 1 N–H and O–H groups in total. The summed E-state index contributed by atoms with van der Waals surface area (Å²) in [5.41, 5.74) is 3.19. The van der Waals surface area contributed by atoms with E-state index >= 15 is 0 Å². The normalized spacial score (nSPS) is 13.1. The number of rotatable bonds is 6. The first-order valence-corrected chi connectivity index (χ1v) is 10.6. The maximum Gasteiger partial charge on any atom is 0.299 e. The number of anilines is 2. The summed E-state index contributed by atoms with van der Waals surface area (Å²) >= 11 is 12.0. The number of nitrogens with zero attached hydrogens (tertiary/aromatic N) is 5. The highest BCUT2D eigenvalue weighted by Gasteiger charge is 2.36. The van der Waals surface area contributed by atoms with Gasteiger partial charge in [-0.25, -0.2) is 0 Å². The van der Waals surface area contributed by atoms with Crippen LogP contribution in [-0.4, -0.2) is 38.2 Å². The third kappa shape index (κ3) is 3.79. The number of Topliss-reactive ketones (excluding diaryl/α,β-unsaturated/α-hetero) is 1. The molecule has 2 aromatic heterocycles. The second-order valence-corrected chi connectivity index (χ2v) is 8.17. The molecule has 2 aromatic carbocycles. The summed E-state index contributed by atoms with van der Waals surface area (Å²) in [5, 5.41) is 13.7. The van der Waals surface area contributed by atoms with Crippen LogP contribution in [0.2, 0.25) is 10.0 Å². The third-order valence-electron chi connectivity index (χ3n) is 5.20. The van der Waals surface area contributed by atoms with Crippen molar-refractivity contribution in [2.45, 2.75) is 13.1 Å². The van der Waals surface area contributed by atoms with E-state index in [2.05, 4.69) is 20.6 Å². The predicted octanol–water partition coefficient (Wildman–Crippen LogP) is 3.97. The zero-order chi connectivity index (χ0) is 22.2. The zero-order valence-electron chi connectivity index (χ0n) is 16.6. The maximum absolute atomic E-state index is 12.4. The van der Waals surface area contributed by atoms with Gasteiger partial charge in [0.15, 0.2) is 0 Å². The predicted molar refractivity (Wildman–Crippen MR) is 122 cm³/mol. The largest absolute Gasteiger partial charge is 0.383 e. The van der Waals surface area contributed by atoms with Crippen molar-refractivity contribution < 1.29 is 9.59 Å². The molecule has 32 heavy (non-hydrogen) atoms. The fourth-order valence-electron chi connectivity index (χ4n) is 3.69. The Morgan fingerprint density at radius 2 is 1.81 bits per heavy atom. The first-order chi connectivity index (χ1) is 15.5. The van der Waals surface area contributed by atoms with Crippen LogP contribution in [0.25, 0.3) is 10.9 Å². The van der Waals surface area contributed by atoms with Crippen molar-refractivity contribution in [3.05, 3.63) is 76.2 Å². The second kappa shape index (κ2) is 8.22. The van der Waals surface area contributed by atoms with Crippen molar-refractivity contribution in [3.63, 3.8) is 0 Å². The van der Waals surface area contributed by atoms with Crippen LogP contribution in [0.5, 0.6) is 0 Å². The van der Waals surface area contributed by atoms with Gasteiger partial charge in [0.05, 0.1) is 36.1 Å². The molecule has 0 spiro atoms. The lowest BCUT2D eigenvalue weighted by molar-refractivity contribution is -0.114. The van der Waals surface area contributed by atoms with Crippen LogP contribution in [0.15, 0.2) is 54.9 Å². The van der Waals surface area contributed by atoms with Gasteiger partial charge in [-0.2, -0.15) is 0 Å². The maximum atomic E-state index is 12.4. The average Bonchev–Trinajstić information content (AvgIpc) is 3.32. The second-order valence-electron chi connectivity index (χ2n) is 7.30. The molecular weight excluding hydrogens is 451 g/mol. The van der Waals surface area contributed by atoms with E-state index in [-0.39, 0.29) is 6.54 Å². The number of fused-ring (bicyclic) bond motifs is 2. The lowest BCUT2D eigenvalue weighted by atomic mass is 10.1. The van der Waals surface area contributed by atoms with E-state index in [1.807, 2.05) is 24.3 Å². The third-order valence-corrected chi connectivity index (χ3v) is 5.67. The molecule has 10 heteroatoms. The SMILES string of the molecule is O=C1C(=O)N(Cc2cn(CCNc3ccnc4cc(Cl)ccc34)nn2)c2ccc(Cl)cc21. The first-order valence-electron chi connectivity index (χ1n) is 9.82. The number of aromatic nitrogens is 4. The minimum absolute atomic E-state index is 0.155. The van der Waals surface area contributed by atoms with Gasteiger partial charge < -0.3 is 5.32 Å². The number of amides is 1. The fraction of sp³-hybridized carbons (Fsp3) is 0.136. The molecule has 8 nitrogen and oxygen atoms in total. The Bertz CT molecular complexity index is 1370. The van der Waals surface area contributed by atoms with E-state index in [0.717, 1.165) is 16.6 Å². The van der Waals surface area contributed by atoms with Gasteiger partial charge >= 0.3 is 0 Å². The monoisotopic (exact) mass is 466 g/mol. The van der Waals surface area contributed by atoms with Crippen molar-refractivity contribution in [1.29, 1.82) is 0 Å². The number of halogens is 2. The van der Waals surface area contributed by atoms with Gasteiger partial charge in [-0.1, -0.05) is 28.4 Å². The molecule has 160 valence electrons. The highest BCUT2D eigenvalue weighted by molar-refractivity contribution is 6.52. The van der Waals surface area contributed by atoms with E-state index in [1.54, 1.807) is 29.2 Å². The van der Waals surface area contributed by atoms with Crippen molar-refractivity contribution >= 4 is 57.2 Å². The number of ketones is 1. The molecule has 1 aliphatic rings. The molecule has 0 saturated heterocycles. The molecule has 0 atom stereocenters. The summed E-state index contributed by atoms with van der Waals surface area (Å²) in [6.45, 7) is 1.32. The highest BCUT2D eigenvalue weighted by Crippen LogP contribution is 2.32. The molecule has 0 saturated carbocycles. The van der Waals surface area contributed by atoms with Gasteiger partial charge in [0, 0.05) is 33.9 Å². The molecule has 1 aliphatic heterocycles. The minimum Gasteiger partial charge on any atom is -0.383 e. The van der Waals surface area contributed by atoms with E-state index in [1.165, 1.54) is 11.0 Å². The number of pyridine rings is 1. The number of carbonyl (C=O) groups excluding carboxylic acids is 2. The molecule has 4 aromatic rings. The Kier molecular flexibility index (Phi) is 5.24. The van der Waals surface area contributed by atoms with E-state index < -0.39 is 11.7 Å².